The van der Waals surface area contributed by atoms with Crippen LogP contribution in [0.15, 0.2) is 48.5 Å². The van der Waals surface area contributed by atoms with Gasteiger partial charge in [0.05, 0.1) is 6.04 Å². The molecule has 10 N–H and O–H groups in total. The van der Waals surface area contributed by atoms with Crippen LogP contribution in [0.4, 0.5) is 4.79 Å². The van der Waals surface area contributed by atoms with E-state index in [0.717, 1.165) is 29.2 Å². The van der Waals surface area contributed by atoms with Crippen molar-refractivity contribution in [2.24, 2.45) is 17.8 Å². The molecule has 8 amide bonds. The van der Waals surface area contributed by atoms with E-state index in [9.17, 15) is 67.7 Å². The van der Waals surface area contributed by atoms with Crippen molar-refractivity contribution < 1.29 is 77.6 Å². The number of nitrogens with zero attached hydrogens (tertiary/aromatic N) is 1. The van der Waals surface area contributed by atoms with Crippen LogP contribution < -0.4 is 37.2 Å². The van der Waals surface area contributed by atoms with E-state index in [1.165, 1.54) is 4.90 Å². The van der Waals surface area contributed by atoms with Gasteiger partial charge in [0, 0.05) is 38.8 Å². The van der Waals surface area contributed by atoms with Crippen molar-refractivity contribution in [3.05, 3.63) is 59.7 Å². The SMILES string of the molecule is CCC[C@H](NC(=O)[C@@H]1C[C@@H](CNC(=O)OCC2c3ccccc3-c3ccccc32)CN1C(=O)[C@@H](NC(=O)[C@@H](NC(=O)[C@H](CCC(=O)O)NC(=O)[C@H](CCC(=O)O)NC(C)=O)C(C)C)C(C)C)C(=O)C(=O)NCC(=O)O. The number of ketones is 1. The first-order valence-corrected chi connectivity index (χ1v) is 24.8. The van der Waals surface area contributed by atoms with Crippen LogP contribution in [-0.2, 0) is 57.5 Å². The van der Waals surface area contributed by atoms with E-state index < -0.39 is 151 Å². The predicted octanol–water partition coefficient (Wildman–Crippen LogP) is 0.798. The lowest BCUT2D eigenvalue weighted by atomic mass is 9.98. The molecule has 0 bridgehead atoms. The van der Waals surface area contributed by atoms with Crippen LogP contribution in [0.3, 0.4) is 0 Å². The first kappa shape index (κ1) is 59.6. The van der Waals surface area contributed by atoms with Gasteiger partial charge in [-0.15, -0.1) is 0 Å². The van der Waals surface area contributed by atoms with Crippen LogP contribution in [0.1, 0.15) is 104 Å². The van der Waals surface area contributed by atoms with Crippen LogP contribution in [0.2, 0.25) is 0 Å². The summed E-state index contributed by atoms with van der Waals surface area (Å²) < 4.78 is 5.71. The van der Waals surface area contributed by atoms with Gasteiger partial charge in [0.15, 0.2) is 0 Å². The summed E-state index contributed by atoms with van der Waals surface area (Å²) in [5.41, 5.74) is 4.04. The van der Waals surface area contributed by atoms with Crippen LogP contribution in [0, 0.1) is 17.8 Å². The second-order valence-electron chi connectivity index (χ2n) is 19.2. The number of amides is 8. The van der Waals surface area contributed by atoms with Gasteiger partial charge in [0.2, 0.25) is 41.2 Å². The Morgan fingerprint density at radius 2 is 1.17 bits per heavy atom. The van der Waals surface area contributed by atoms with Crippen molar-refractivity contribution in [1.82, 2.24) is 42.1 Å². The Labute approximate surface area is 433 Å². The summed E-state index contributed by atoms with van der Waals surface area (Å²) in [4.78, 5) is 156. The lowest BCUT2D eigenvalue weighted by Crippen LogP contribution is -2.61. The van der Waals surface area contributed by atoms with Gasteiger partial charge in [0.1, 0.15) is 43.4 Å². The van der Waals surface area contributed by atoms with Crippen molar-refractivity contribution in [3.8, 4) is 11.1 Å². The largest absolute Gasteiger partial charge is 0.481 e. The summed E-state index contributed by atoms with van der Waals surface area (Å²) in [6, 6.07) is 6.99. The highest BCUT2D eigenvalue weighted by Gasteiger charge is 2.45. The third kappa shape index (κ3) is 17.1. The number of ether oxygens (including phenoxy) is 1. The minimum absolute atomic E-state index is 0.00589. The fourth-order valence-electron chi connectivity index (χ4n) is 8.98. The number of fused-ring (bicyclic) bond motifs is 3. The molecular formula is C51H68N8O16. The first-order chi connectivity index (χ1) is 35.4. The first-order valence-electron chi connectivity index (χ1n) is 24.8. The number of rotatable bonds is 28. The summed E-state index contributed by atoms with van der Waals surface area (Å²) >= 11 is 0. The molecule has 0 spiro atoms. The number of Topliss-reactive ketones (excluding diaryl/α,β-unsaturated/α-hetero) is 1. The molecular weight excluding hydrogens is 981 g/mol. The van der Waals surface area contributed by atoms with E-state index in [-0.39, 0.29) is 44.9 Å². The molecule has 1 fully saturated rings. The quantitative estimate of drug-likeness (QED) is 0.0527. The second-order valence-corrected chi connectivity index (χ2v) is 19.2. The monoisotopic (exact) mass is 1050 g/mol. The highest BCUT2D eigenvalue weighted by atomic mass is 16.5. The number of likely N-dealkylation sites (tertiary alicyclic amines) is 1. The van der Waals surface area contributed by atoms with E-state index in [2.05, 4.69) is 31.9 Å². The van der Waals surface area contributed by atoms with E-state index in [1.54, 1.807) is 34.6 Å². The third-order valence-electron chi connectivity index (χ3n) is 12.8. The maximum atomic E-state index is 14.8. The van der Waals surface area contributed by atoms with Crippen molar-refractivity contribution in [2.45, 2.75) is 129 Å². The molecule has 1 heterocycles. The molecule has 24 heteroatoms. The molecule has 408 valence electrons. The average Bonchev–Trinajstić information content (AvgIpc) is 3.93. The number of benzene rings is 2. The summed E-state index contributed by atoms with van der Waals surface area (Å²) in [5, 5.41) is 44.7. The van der Waals surface area contributed by atoms with E-state index in [1.807, 2.05) is 53.8 Å². The molecule has 0 radical (unpaired) electrons. The van der Waals surface area contributed by atoms with Gasteiger partial charge in [-0.2, -0.15) is 0 Å². The van der Waals surface area contributed by atoms with E-state index in [0.29, 0.717) is 6.42 Å². The maximum absolute atomic E-state index is 14.8. The van der Waals surface area contributed by atoms with E-state index in [4.69, 9.17) is 9.84 Å². The maximum Gasteiger partial charge on any atom is 0.407 e. The number of hydrogen-bond donors (Lipinski definition) is 10. The molecule has 75 heavy (non-hydrogen) atoms. The summed E-state index contributed by atoms with van der Waals surface area (Å²) in [5.74, 6) is -13.8. The molecule has 7 atom stereocenters. The Bertz CT molecular complexity index is 2440. The fraction of sp³-hybridized carbons (Fsp3) is 0.529. The molecule has 1 aliphatic carbocycles. The molecule has 1 saturated heterocycles. The van der Waals surface area contributed by atoms with Crippen LogP contribution in [-0.4, -0.2) is 154 Å². The Morgan fingerprint density at radius 3 is 1.69 bits per heavy atom. The van der Waals surface area contributed by atoms with Crippen LogP contribution in [0.25, 0.3) is 11.1 Å². The highest BCUT2D eigenvalue weighted by molar-refractivity contribution is 6.38. The van der Waals surface area contributed by atoms with Crippen molar-refractivity contribution in [2.75, 3.05) is 26.2 Å². The number of carboxylic acid groups (broad SMARTS) is 3. The summed E-state index contributed by atoms with van der Waals surface area (Å²) in [7, 11) is 0. The molecule has 2 aromatic rings. The lowest BCUT2D eigenvalue weighted by molar-refractivity contribution is -0.145. The van der Waals surface area contributed by atoms with Gasteiger partial charge in [-0.05, 0) is 65.7 Å². The number of aliphatic carboxylic acids is 3. The number of hydrogen-bond acceptors (Lipinski definition) is 13. The zero-order valence-corrected chi connectivity index (χ0v) is 42.8. The number of carbonyl (C=O) groups is 12. The normalized spacial score (nSPS) is 16.7. The topological polar surface area (TPSA) is 362 Å². The summed E-state index contributed by atoms with van der Waals surface area (Å²) in [6.45, 7) is 7.99. The van der Waals surface area contributed by atoms with Crippen LogP contribution >= 0.6 is 0 Å². The van der Waals surface area contributed by atoms with Gasteiger partial charge in [-0.1, -0.05) is 89.6 Å². The zero-order chi connectivity index (χ0) is 55.7. The van der Waals surface area contributed by atoms with Crippen molar-refractivity contribution in [3.63, 3.8) is 0 Å². The highest BCUT2D eigenvalue weighted by Crippen LogP contribution is 2.44. The van der Waals surface area contributed by atoms with Gasteiger partial charge in [-0.3, -0.25) is 52.7 Å². The van der Waals surface area contributed by atoms with Gasteiger partial charge < -0.3 is 62.2 Å². The smallest absolute Gasteiger partial charge is 0.407 e. The number of nitrogens with one attached hydrogen (secondary N) is 7. The Hall–Kier alpha value is -7.92. The molecule has 2 aromatic carbocycles. The van der Waals surface area contributed by atoms with Crippen molar-refractivity contribution in [1.29, 1.82) is 0 Å². The molecule has 0 aromatic heterocycles. The minimum atomic E-state index is -1.60. The average molecular weight is 1050 g/mol. The predicted molar refractivity (Wildman–Crippen MR) is 266 cm³/mol. The van der Waals surface area contributed by atoms with Crippen molar-refractivity contribution >= 4 is 71.1 Å². The number of alkyl carbamates (subject to hydrolysis) is 1. The Balaban J connectivity index is 1.56. The molecule has 4 rings (SSSR count). The molecule has 2 aliphatic rings. The zero-order valence-electron chi connectivity index (χ0n) is 42.8. The number of carbonyl (C=O) groups excluding carboxylic acids is 9. The number of carboxylic acids is 3. The Kier molecular flexibility index (Phi) is 22.2. The minimum Gasteiger partial charge on any atom is -0.481 e. The lowest BCUT2D eigenvalue weighted by Gasteiger charge is -2.33. The molecule has 0 saturated carbocycles. The standard InChI is InChI=1S/C51H68N8O16/c1-7-12-35(44(67)49(72)52-23-41(65)66)55-47(70)38-21-29(22-53-51(74)75-25-34-32-15-10-8-13-30(32)31-14-9-11-16-33(31)34)24-59(38)50(73)43(27(4)5)58-48(71)42(26(2)3)57-46(69)37(18-20-40(63)64)56-45(68)36(54-28(6)60)17-19-39(61)62/h8-11,13-16,26-27,29,34-38,42-43H,7,12,17-25H2,1-6H3,(H,52,72)(H,53,74)(H,54,60)(H,55,70)(H,56,68)(H,57,69)(H,58,71)(H,61,62)(H,63,64)(H,65,66)/t29-,35-,36-,37-,38-,42-,43-/m0/s1. The van der Waals surface area contributed by atoms with Gasteiger partial charge in [0.25, 0.3) is 5.91 Å². The Morgan fingerprint density at radius 1 is 0.640 bits per heavy atom. The van der Waals surface area contributed by atoms with Gasteiger partial charge >= 0.3 is 24.0 Å². The van der Waals surface area contributed by atoms with Gasteiger partial charge in [-0.25, -0.2) is 4.79 Å². The second kappa shape index (κ2) is 27.9. The van der Waals surface area contributed by atoms with E-state index >= 15 is 0 Å². The fourth-order valence-corrected chi connectivity index (χ4v) is 8.98. The third-order valence-corrected chi connectivity index (χ3v) is 12.8. The molecule has 24 nitrogen and oxygen atoms in total. The molecule has 0 unspecified atom stereocenters. The van der Waals surface area contributed by atoms with Crippen LogP contribution in [0.5, 0.6) is 0 Å². The summed E-state index contributed by atoms with van der Waals surface area (Å²) in [6.07, 6.45) is -2.59. The molecule has 1 aliphatic heterocycles.